The highest BCUT2D eigenvalue weighted by molar-refractivity contribution is 5.85. The number of benzene rings is 3. The molecule has 0 saturated carbocycles. The average molecular weight is 727 g/mol. The molecule has 1 fully saturated rings. The minimum absolute atomic E-state index is 0.00572. The highest BCUT2D eigenvalue weighted by atomic mass is 16.1. The van der Waals surface area contributed by atoms with Crippen molar-refractivity contribution in [1.82, 2.24) is 25.8 Å². The zero-order valence-electron chi connectivity index (χ0n) is 33.1. The molecule has 1 aromatic heterocycles. The number of aromatic nitrogens is 1. The Bertz CT molecular complexity index is 1900. The van der Waals surface area contributed by atoms with Gasteiger partial charge in [-0.2, -0.15) is 0 Å². The molecule has 0 spiro atoms. The van der Waals surface area contributed by atoms with Crippen LogP contribution in [0, 0.1) is 11.3 Å². The summed E-state index contributed by atoms with van der Waals surface area (Å²) >= 11 is 0. The van der Waals surface area contributed by atoms with E-state index in [1.165, 1.54) is 22.1 Å². The van der Waals surface area contributed by atoms with Crippen molar-refractivity contribution in [2.45, 2.75) is 89.5 Å². The van der Waals surface area contributed by atoms with Crippen LogP contribution >= 0.6 is 0 Å². The molecule has 286 valence electrons. The van der Waals surface area contributed by atoms with E-state index in [9.17, 15) is 4.79 Å². The van der Waals surface area contributed by atoms with Crippen LogP contribution in [0.4, 0.5) is 0 Å². The molecular weight excluding hydrogens is 665 g/mol. The number of Topliss-reactive ketones (excluding diaryl/α,β-unsaturated/α-hetero) is 1. The number of ketones is 1. The second kappa shape index (κ2) is 17.5. The number of nitrogens with two attached hydrogens (primary N) is 1. The van der Waals surface area contributed by atoms with E-state index in [-0.39, 0.29) is 35.9 Å². The quantitative estimate of drug-likeness (QED) is 0.0596. The summed E-state index contributed by atoms with van der Waals surface area (Å²) in [6.07, 6.45) is 7.54. The van der Waals surface area contributed by atoms with E-state index < -0.39 is 11.0 Å². The van der Waals surface area contributed by atoms with Crippen molar-refractivity contribution in [3.63, 3.8) is 0 Å². The zero-order chi connectivity index (χ0) is 39.0. The Kier molecular flexibility index (Phi) is 13.1. The Labute approximate surface area is 323 Å². The summed E-state index contributed by atoms with van der Waals surface area (Å²) in [5.74, 6) is 0.299. The summed E-state index contributed by atoms with van der Waals surface area (Å²) < 4.78 is 0. The molecule has 1 aliphatic rings. The summed E-state index contributed by atoms with van der Waals surface area (Å²) in [6, 6.07) is 29.1. The highest BCUT2D eigenvalue weighted by Crippen LogP contribution is 2.38. The second-order valence-electron chi connectivity index (χ2n) is 16.3. The minimum Gasteiger partial charge on any atom is -0.381 e. The number of carbonyl (C=O) groups is 1. The Morgan fingerprint density at radius 3 is 2.07 bits per heavy atom. The topological polar surface area (TPSA) is 98.2 Å². The standard InChI is InChI=1S/C47H62N6O/c1-10-39(29-38-30-50-41-24-18-17-23-40(38)41)51-32(2)42(25-35-19-13-11-14-20-35)52-33(3)44-27-37(28-45(54)46(5,6)47(7,8)48)31-53(44)34(4)43(49-9)26-36-21-15-12-16-22-36/h10-24,30,37,39,42-44,49-52H,1-4,25-29,31,48H2,5-9H3/t37-,39-,42?,43?,44+/m0/s1. The molecule has 4 aromatic rings. The minimum atomic E-state index is -0.665. The Hall–Kier alpha value is -4.85. The van der Waals surface area contributed by atoms with E-state index in [0.717, 1.165) is 41.9 Å². The number of nitrogens with one attached hydrogen (secondary N) is 4. The van der Waals surface area contributed by atoms with Crippen molar-refractivity contribution in [2.75, 3.05) is 13.6 Å². The van der Waals surface area contributed by atoms with E-state index >= 15 is 0 Å². The molecule has 7 heteroatoms. The first kappa shape index (κ1) is 40.3. The lowest BCUT2D eigenvalue weighted by Gasteiger charge is -2.37. The van der Waals surface area contributed by atoms with Gasteiger partial charge < -0.3 is 31.6 Å². The molecule has 7 nitrogen and oxygen atoms in total. The Balaban J connectivity index is 1.39. The highest BCUT2D eigenvalue weighted by Gasteiger charge is 2.43. The number of hydrogen-bond acceptors (Lipinski definition) is 6. The maximum absolute atomic E-state index is 13.8. The van der Waals surface area contributed by atoms with Gasteiger partial charge in [0.15, 0.2) is 0 Å². The van der Waals surface area contributed by atoms with Crippen LogP contribution in [0.5, 0.6) is 0 Å². The molecule has 3 aromatic carbocycles. The van der Waals surface area contributed by atoms with Crippen molar-refractivity contribution in [3.05, 3.63) is 157 Å². The van der Waals surface area contributed by atoms with Gasteiger partial charge in [0.2, 0.25) is 0 Å². The van der Waals surface area contributed by atoms with E-state index in [4.69, 9.17) is 5.73 Å². The van der Waals surface area contributed by atoms with Crippen molar-refractivity contribution in [2.24, 2.45) is 17.1 Å². The van der Waals surface area contributed by atoms with Crippen molar-refractivity contribution >= 4 is 16.7 Å². The first-order valence-corrected chi connectivity index (χ1v) is 19.3. The predicted octanol–water partition coefficient (Wildman–Crippen LogP) is 7.84. The molecule has 6 N–H and O–H groups in total. The van der Waals surface area contributed by atoms with E-state index in [1.54, 1.807) is 0 Å². The van der Waals surface area contributed by atoms with Gasteiger partial charge in [0.05, 0.1) is 18.1 Å². The van der Waals surface area contributed by atoms with Crippen LogP contribution in [-0.2, 0) is 24.1 Å². The Morgan fingerprint density at radius 1 is 0.889 bits per heavy atom. The Morgan fingerprint density at radius 2 is 1.48 bits per heavy atom. The van der Waals surface area contributed by atoms with Crippen LogP contribution in [0.2, 0.25) is 0 Å². The van der Waals surface area contributed by atoms with E-state index in [0.29, 0.717) is 19.4 Å². The third-order valence-corrected chi connectivity index (χ3v) is 11.8. The van der Waals surface area contributed by atoms with Crippen LogP contribution in [-0.4, -0.2) is 59.0 Å². The predicted molar refractivity (Wildman–Crippen MR) is 227 cm³/mol. The number of H-pyrrole nitrogens is 1. The van der Waals surface area contributed by atoms with Gasteiger partial charge in [-0.05, 0) is 75.3 Å². The van der Waals surface area contributed by atoms with Crippen LogP contribution in [0.15, 0.2) is 141 Å². The van der Waals surface area contributed by atoms with Gasteiger partial charge in [0.1, 0.15) is 5.78 Å². The zero-order valence-corrected chi connectivity index (χ0v) is 33.1. The smallest absolute Gasteiger partial charge is 0.140 e. The fraction of sp³-hybridized carbons (Fsp3) is 0.383. The van der Waals surface area contributed by atoms with E-state index in [2.05, 4.69) is 125 Å². The number of rotatable bonds is 20. The molecule has 2 heterocycles. The summed E-state index contributed by atoms with van der Waals surface area (Å²) in [6.45, 7) is 26.7. The van der Waals surface area contributed by atoms with Gasteiger partial charge >= 0.3 is 0 Å². The van der Waals surface area contributed by atoms with Gasteiger partial charge in [-0.15, -0.1) is 6.58 Å². The SMILES string of the molecule is C=C[C@@H](Cc1c[nH]c2ccccc12)NC(=C)C(Cc1ccccc1)NC(=C)[C@H]1C[C@@H](CC(=O)C(C)(C)C(C)(C)N)CN1C(=C)C(Cc1ccccc1)NC. The fourth-order valence-electron chi connectivity index (χ4n) is 7.53. The first-order valence-electron chi connectivity index (χ1n) is 19.3. The van der Waals surface area contributed by atoms with Crippen molar-refractivity contribution in [1.29, 1.82) is 0 Å². The van der Waals surface area contributed by atoms with Crippen LogP contribution < -0.4 is 21.7 Å². The van der Waals surface area contributed by atoms with Crippen molar-refractivity contribution < 1.29 is 4.79 Å². The van der Waals surface area contributed by atoms with Gasteiger partial charge in [0.25, 0.3) is 0 Å². The van der Waals surface area contributed by atoms with Gasteiger partial charge in [-0.25, -0.2) is 0 Å². The summed E-state index contributed by atoms with van der Waals surface area (Å²) in [4.78, 5) is 19.6. The largest absolute Gasteiger partial charge is 0.381 e. The molecule has 0 radical (unpaired) electrons. The lowest BCUT2D eigenvalue weighted by atomic mass is 9.70. The lowest BCUT2D eigenvalue weighted by molar-refractivity contribution is -0.130. The van der Waals surface area contributed by atoms with Crippen molar-refractivity contribution in [3.8, 4) is 0 Å². The summed E-state index contributed by atoms with van der Waals surface area (Å²) in [5.41, 5.74) is 12.7. The van der Waals surface area contributed by atoms with E-state index in [1.807, 2.05) is 59.0 Å². The first-order chi connectivity index (χ1) is 25.7. The molecular formula is C47H62N6O. The normalized spacial score (nSPS) is 17.8. The lowest BCUT2D eigenvalue weighted by Crippen LogP contribution is -2.52. The molecule has 0 bridgehead atoms. The summed E-state index contributed by atoms with van der Waals surface area (Å²) in [5, 5.41) is 12.3. The number of likely N-dealkylation sites (N-methyl/N-ethyl adjacent to an activating group) is 1. The molecule has 2 unspecified atom stereocenters. The molecule has 1 saturated heterocycles. The number of para-hydroxylation sites is 1. The third-order valence-electron chi connectivity index (χ3n) is 11.8. The molecule has 5 atom stereocenters. The second-order valence-corrected chi connectivity index (χ2v) is 16.3. The number of nitrogens with zero attached hydrogens (tertiary/aromatic N) is 1. The number of hydrogen-bond donors (Lipinski definition) is 5. The molecule has 54 heavy (non-hydrogen) atoms. The van der Waals surface area contributed by atoms with Gasteiger partial charge in [-0.3, -0.25) is 4.79 Å². The number of likely N-dealkylation sites (tertiary alicyclic amines) is 1. The maximum atomic E-state index is 13.8. The van der Waals surface area contributed by atoms with Crippen LogP contribution in [0.1, 0.15) is 57.2 Å². The molecule has 1 aliphatic heterocycles. The number of carbonyl (C=O) groups excluding carboxylic acids is 1. The molecule has 0 aliphatic carbocycles. The molecule has 5 rings (SSSR count). The van der Waals surface area contributed by atoms with Gasteiger partial charge in [-0.1, -0.05) is 119 Å². The third kappa shape index (κ3) is 9.62. The van der Waals surface area contributed by atoms with Crippen LogP contribution in [0.3, 0.4) is 0 Å². The monoisotopic (exact) mass is 726 g/mol. The average Bonchev–Trinajstić information content (AvgIpc) is 3.77. The maximum Gasteiger partial charge on any atom is 0.140 e. The number of fused-ring (bicyclic) bond motifs is 1. The van der Waals surface area contributed by atoms with Gasteiger partial charge in [0, 0.05) is 64.2 Å². The molecule has 0 amide bonds. The summed E-state index contributed by atoms with van der Waals surface area (Å²) in [7, 11) is 1.99. The number of aromatic amines is 1. The van der Waals surface area contributed by atoms with Crippen LogP contribution in [0.25, 0.3) is 10.9 Å². The fourth-order valence-corrected chi connectivity index (χ4v) is 7.53.